The number of aromatic nitrogens is 1. The minimum absolute atomic E-state index is 0.0201. The van der Waals surface area contributed by atoms with Crippen LogP contribution in [-0.2, 0) is 0 Å². The molecule has 0 aliphatic carbocycles. The molecule has 2 aromatic rings. The number of hydrogen-bond acceptors (Lipinski definition) is 2. The van der Waals surface area contributed by atoms with E-state index in [2.05, 4.69) is 4.98 Å². The van der Waals surface area contributed by atoms with Gasteiger partial charge in [-0.15, -0.1) is 0 Å². The normalized spacial score (nSPS) is 10.8. The second-order valence-corrected chi connectivity index (χ2v) is 4.83. The molecule has 0 aliphatic heterocycles. The number of amides is 1. The van der Waals surface area contributed by atoms with Crippen LogP contribution in [0.2, 0.25) is 0 Å². The largest absolute Gasteiger partial charge is 0.334 e. The molecule has 1 amide bonds. The Hall–Kier alpha value is -2.42. The van der Waals surface area contributed by atoms with Gasteiger partial charge in [0.1, 0.15) is 5.69 Å². The van der Waals surface area contributed by atoms with E-state index in [0.29, 0.717) is 18.8 Å². The van der Waals surface area contributed by atoms with Crippen molar-refractivity contribution in [3.05, 3.63) is 71.6 Å². The van der Waals surface area contributed by atoms with E-state index in [0.717, 1.165) is 11.1 Å². The Balaban J connectivity index is 2.05. The highest BCUT2D eigenvalue weighted by Gasteiger charge is 2.15. The van der Waals surface area contributed by atoms with Crippen LogP contribution in [0, 0.1) is 6.92 Å². The highest BCUT2D eigenvalue weighted by atomic mass is 16.2. The van der Waals surface area contributed by atoms with Crippen LogP contribution in [0.1, 0.15) is 28.5 Å². The maximum Gasteiger partial charge on any atom is 0.272 e. The van der Waals surface area contributed by atoms with E-state index in [1.807, 2.05) is 68.5 Å². The first-order valence-electron chi connectivity index (χ1n) is 7.15. The molecule has 0 N–H and O–H groups in total. The van der Waals surface area contributed by atoms with Crippen LogP contribution in [0.5, 0.6) is 0 Å². The zero-order valence-corrected chi connectivity index (χ0v) is 12.5. The standard InChI is InChI=1S/C18H20N2O/c1-3-20(14-8-12-16-10-5-4-6-11-16)18(21)17-15(2)9-7-13-19-17/h4-13H,3,14H2,1-2H3/b12-8+. The van der Waals surface area contributed by atoms with Crippen LogP contribution in [0.4, 0.5) is 0 Å². The third-order valence-corrected chi connectivity index (χ3v) is 3.32. The van der Waals surface area contributed by atoms with Gasteiger partial charge in [-0.05, 0) is 31.0 Å². The van der Waals surface area contributed by atoms with Gasteiger partial charge in [0, 0.05) is 19.3 Å². The average Bonchev–Trinajstić information content (AvgIpc) is 2.52. The third-order valence-electron chi connectivity index (χ3n) is 3.32. The fraction of sp³-hybridized carbons (Fsp3) is 0.222. The summed E-state index contributed by atoms with van der Waals surface area (Å²) in [6.07, 6.45) is 5.70. The summed E-state index contributed by atoms with van der Waals surface area (Å²) < 4.78 is 0. The van der Waals surface area contributed by atoms with Crippen LogP contribution < -0.4 is 0 Å². The summed E-state index contributed by atoms with van der Waals surface area (Å²) >= 11 is 0. The van der Waals surface area contributed by atoms with Crippen molar-refractivity contribution in [2.75, 3.05) is 13.1 Å². The second-order valence-electron chi connectivity index (χ2n) is 4.83. The van der Waals surface area contributed by atoms with Gasteiger partial charge < -0.3 is 4.90 Å². The van der Waals surface area contributed by atoms with Crippen LogP contribution >= 0.6 is 0 Å². The fourth-order valence-corrected chi connectivity index (χ4v) is 2.10. The summed E-state index contributed by atoms with van der Waals surface area (Å²) in [5.41, 5.74) is 2.58. The molecule has 1 aromatic heterocycles. The van der Waals surface area contributed by atoms with Crippen molar-refractivity contribution >= 4 is 12.0 Å². The number of nitrogens with zero attached hydrogens (tertiary/aromatic N) is 2. The number of pyridine rings is 1. The van der Waals surface area contributed by atoms with Crippen molar-refractivity contribution in [1.82, 2.24) is 9.88 Å². The molecule has 3 heteroatoms. The average molecular weight is 280 g/mol. The van der Waals surface area contributed by atoms with Crippen molar-refractivity contribution < 1.29 is 4.79 Å². The molecule has 0 radical (unpaired) electrons. The maximum absolute atomic E-state index is 12.5. The lowest BCUT2D eigenvalue weighted by Gasteiger charge is -2.19. The zero-order chi connectivity index (χ0) is 15.1. The van der Waals surface area contributed by atoms with Crippen LogP contribution in [0.3, 0.4) is 0 Å². The van der Waals surface area contributed by atoms with Gasteiger partial charge in [0.25, 0.3) is 5.91 Å². The Morgan fingerprint density at radius 2 is 1.95 bits per heavy atom. The van der Waals surface area contributed by atoms with Gasteiger partial charge in [0.15, 0.2) is 0 Å². The summed E-state index contributed by atoms with van der Waals surface area (Å²) in [6, 6.07) is 13.8. The zero-order valence-electron chi connectivity index (χ0n) is 12.5. The van der Waals surface area contributed by atoms with Crippen molar-refractivity contribution in [3.8, 4) is 0 Å². The molecule has 108 valence electrons. The van der Waals surface area contributed by atoms with Gasteiger partial charge >= 0.3 is 0 Å². The highest BCUT2D eigenvalue weighted by Crippen LogP contribution is 2.08. The molecule has 3 nitrogen and oxygen atoms in total. The Kier molecular flexibility index (Phi) is 5.27. The molecule has 21 heavy (non-hydrogen) atoms. The summed E-state index contributed by atoms with van der Waals surface area (Å²) in [5, 5.41) is 0. The van der Waals surface area contributed by atoms with Crippen molar-refractivity contribution in [2.45, 2.75) is 13.8 Å². The number of carbonyl (C=O) groups is 1. The Morgan fingerprint density at radius 3 is 2.62 bits per heavy atom. The summed E-state index contributed by atoms with van der Waals surface area (Å²) in [4.78, 5) is 18.5. The van der Waals surface area contributed by atoms with Crippen molar-refractivity contribution in [3.63, 3.8) is 0 Å². The Labute approximate surface area is 125 Å². The molecule has 0 bridgehead atoms. The quantitative estimate of drug-likeness (QED) is 0.839. The predicted octanol–water partition coefficient (Wildman–Crippen LogP) is 3.57. The smallest absolute Gasteiger partial charge is 0.272 e. The molecule has 1 heterocycles. The summed E-state index contributed by atoms with van der Waals surface area (Å²) in [7, 11) is 0. The molecule has 0 spiro atoms. The molecule has 0 fully saturated rings. The molecule has 1 aromatic carbocycles. The number of likely N-dealkylation sites (N-methyl/N-ethyl adjacent to an activating group) is 1. The van der Waals surface area contributed by atoms with Crippen molar-refractivity contribution in [2.24, 2.45) is 0 Å². The second kappa shape index (κ2) is 7.39. The van der Waals surface area contributed by atoms with Crippen LogP contribution in [-0.4, -0.2) is 28.9 Å². The monoisotopic (exact) mass is 280 g/mol. The maximum atomic E-state index is 12.5. The lowest BCUT2D eigenvalue weighted by atomic mass is 10.2. The van der Waals surface area contributed by atoms with E-state index in [9.17, 15) is 4.79 Å². The highest BCUT2D eigenvalue weighted by molar-refractivity contribution is 5.93. The Bertz CT molecular complexity index is 620. The van der Waals surface area contributed by atoms with Crippen LogP contribution in [0.25, 0.3) is 6.08 Å². The van der Waals surface area contributed by atoms with Gasteiger partial charge in [0.2, 0.25) is 0 Å². The number of aryl methyl sites for hydroxylation is 1. The minimum atomic E-state index is -0.0201. The SMILES string of the molecule is CCN(C/C=C/c1ccccc1)C(=O)c1ncccc1C. The fourth-order valence-electron chi connectivity index (χ4n) is 2.10. The van der Waals surface area contributed by atoms with E-state index in [-0.39, 0.29) is 5.91 Å². The van der Waals surface area contributed by atoms with E-state index in [4.69, 9.17) is 0 Å². The van der Waals surface area contributed by atoms with E-state index in [1.165, 1.54) is 0 Å². The molecular formula is C18H20N2O. The number of rotatable bonds is 5. The molecule has 2 rings (SSSR count). The molecule has 0 saturated heterocycles. The molecular weight excluding hydrogens is 260 g/mol. The molecule has 0 atom stereocenters. The first-order chi connectivity index (χ1) is 10.2. The molecule has 0 unspecified atom stereocenters. The van der Waals surface area contributed by atoms with Crippen molar-refractivity contribution in [1.29, 1.82) is 0 Å². The summed E-state index contributed by atoms with van der Waals surface area (Å²) in [5.74, 6) is -0.0201. The van der Waals surface area contributed by atoms with E-state index < -0.39 is 0 Å². The number of hydrogen-bond donors (Lipinski definition) is 0. The molecule has 0 saturated carbocycles. The van der Waals surface area contributed by atoms with Gasteiger partial charge in [-0.25, -0.2) is 0 Å². The first-order valence-corrected chi connectivity index (χ1v) is 7.15. The van der Waals surface area contributed by atoms with Gasteiger partial charge in [0.05, 0.1) is 0 Å². The topological polar surface area (TPSA) is 33.2 Å². The van der Waals surface area contributed by atoms with Gasteiger partial charge in [-0.1, -0.05) is 48.6 Å². The third kappa shape index (κ3) is 4.02. The minimum Gasteiger partial charge on any atom is -0.334 e. The number of benzene rings is 1. The van der Waals surface area contributed by atoms with Gasteiger partial charge in [-0.3, -0.25) is 9.78 Å². The Morgan fingerprint density at radius 1 is 1.19 bits per heavy atom. The van der Waals surface area contributed by atoms with E-state index in [1.54, 1.807) is 11.1 Å². The lowest BCUT2D eigenvalue weighted by molar-refractivity contribution is 0.0775. The van der Waals surface area contributed by atoms with E-state index >= 15 is 0 Å². The van der Waals surface area contributed by atoms with Crippen LogP contribution in [0.15, 0.2) is 54.7 Å². The number of carbonyl (C=O) groups excluding carboxylic acids is 1. The molecule has 0 aliphatic rings. The first kappa shape index (κ1) is 15.0. The predicted molar refractivity (Wildman–Crippen MR) is 86.0 cm³/mol. The van der Waals surface area contributed by atoms with Gasteiger partial charge in [-0.2, -0.15) is 0 Å². The summed E-state index contributed by atoms with van der Waals surface area (Å²) in [6.45, 7) is 5.13. The lowest BCUT2D eigenvalue weighted by Crippen LogP contribution is -2.32.